The first-order valence-corrected chi connectivity index (χ1v) is 7.54. The molecular formula is C17H20N4O. The number of carbonyl (C=O) groups excluding carboxylic acids is 1. The summed E-state index contributed by atoms with van der Waals surface area (Å²) in [5.41, 5.74) is 2.71. The third-order valence-electron chi connectivity index (χ3n) is 3.91. The number of aromatic nitrogens is 2. The SMILES string of the molecule is CNc1cc(C(=O)N[C@H](c2cc(C)ccn2)C2CC2)ccn1. The van der Waals surface area contributed by atoms with E-state index >= 15 is 0 Å². The van der Waals surface area contributed by atoms with Crippen LogP contribution in [0.1, 0.15) is 40.5 Å². The lowest BCUT2D eigenvalue weighted by atomic mass is 10.1. The van der Waals surface area contributed by atoms with Crippen LogP contribution in [-0.4, -0.2) is 22.9 Å². The van der Waals surface area contributed by atoms with E-state index in [4.69, 9.17) is 0 Å². The van der Waals surface area contributed by atoms with Crippen molar-refractivity contribution in [1.29, 1.82) is 0 Å². The lowest BCUT2D eigenvalue weighted by Crippen LogP contribution is -2.30. The van der Waals surface area contributed by atoms with E-state index in [1.54, 1.807) is 31.6 Å². The number of aryl methyl sites for hydroxylation is 1. The van der Waals surface area contributed by atoms with Crippen molar-refractivity contribution < 1.29 is 4.79 Å². The zero-order valence-electron chi connectivity index (χ0n) is 12.8. The highest BCUT2D eigenvalue weighted by molar-refractivity contribution is 5.95. The Labute approximate surface area is 130 Å². The maximum Gasteiger partial charge on any atom is 0.252 e. The lowest BCUT2D eigenvalue weighted by Gasteiger charge is -2.18. The van der Waals surface area contributed by atoms with Crippen LogP contribution in [0.2, 0.25) is 0 Å². The summed E-state index contributed by atoms with van der Waals surface area (Å²) in [5.74, 6) is 1.09. The van der Waals surface area contributed by atoms with Crippen molar-refractivity contribution in [2.45, 2.75) is 25.8 Å². The number of nitrogens with one attached hydrogen (secondary N) is 2. The Morgan fingerprint density at radius 3 is 2.68 bits per heavy atom. The number of hydrogen-bond donors (Lipinski definition) is 2. The van der Waals surface area contributed by atoms with Crippen molar-refractivity contribution in [2.24, 2.45) is 5.92 Å². The number of nitrogens with zero attached hydrogens (tertiary/aromatic N) is 2. The monoisotopic (exact) mass is 296 g/mol. The van der Waals surface area contributed by atoms with Crippen molar-refractivity contribution in [2.75, 3.05) is 12.4 Å². The van der Waals surface area contributed by atoms with Gasteiger partial charge in [-0.1, -0.05) is 0 Å². The molecule has 0 spiro atoms. The van der Waals surface area contributed by atoms with Crippen LogP contribution >= 0.6 is 0 Å². The van der Waals surface area contributed by atoms with Crippen LogP contribution < -0.4 is 10.6 Å². The molecule has 0 aliphatic heterocycles. The van der Waals surface area contributed by atoms with Crippen molar-refractivity contribution in [3.63, 3.8) is 0 Å². The fourth-order valence-corrected chi connectivity index (χ4v) is 2.53. The maximum absolute atomic E-state index is 12.5. The van der Waals surface area contributed by atoms with Crippen LogP contribution in [0.25, 0.3) is 0 Å². The van der Waals surface area contributed by atoms with Gasteiger partial charge in [0, 0.05) is 25.0 Å². The number of pyridine rings is 2. The largest absolute Gasteiger partial charge is 0.373 e. The molecule has 2 heterocycles. The summed E-state index contributed by atoms with van der Waals surface area (Å²) in [5, 5.41) is 6.08. The molecule has 0 bridgehead atoms. The molecule has 0 unspecified atom stereocenters. The first-order chi connectivity index (χ1) is 10.7. The number of anilines is 1. The Balaban J connectivity index is 1.80. The Morgan fingerprint density at radius 2 is 2.00 bits per heavy atom. The third kappa shape index (κ3) is 3.24. The van der Waals surface area contributed by atoms with E-state index in [1.165, 1.54) is 0 Å². The van der Waals surface area contributed by atoms with Gasteiger partial charge in [-0.15, -0.1) is 0 Å². The van der Waals surface area contributed by atoms with E-state index in [1.807, 2.05) is 13.0 Å². The van der Waals surface area contributed by atoms with Gasteiger partial charge in [-0.3, -0.25) is 9.78 Å². The fraction of sp³-hybridized carbons (Fsp3) is 0.353. The smallest absolute Gasteiger partial charge is 0.252 e. The Hall–Kier alpha value is -2.43. The quantitative estimate of drug-likeness (QED) is 0.890. The van der Waals surface area contributed by atoms with Crippen LogP contribution in [0.3, 0.4) is 0 Å². The minimum atomic E-state index is -0.0842. The minimum absolute atomic E-state index is 0.0152. The molecular weight excluding hydrogens is 276 g/mol. The minimum Gasteiger partial charge on any atom is -0.373 e. The Bertz CT molecular complexity index is 682. The summed E-state index contributed by atoms with van der Waals surface area (Å²) in [6, 6.07) is 7.48. The van der Waals surface area contributed by atoms with Gasteiger partial charge in [-0.25, -0.2) is 4.98 Å². The van der Waals surface area contributed by atoms with Gasteiger partial charge in [-0.05, 0) is 55.5 Å². The molecule has 0 radical (unpaired) electrons. The fourth-order valence-electron chi connectivity index (χ4n) is 2.53. The zero-order chi connectivity index (χ0) is 15.5. The molecule has 5 nitrogen and oxygen atoms in total. The van der Waals surface area contributed by atoms with Gasteiger partial charge < -0.3 is 10.6 Å². The molecule has 3 rings (SSSR count). The van der Waals surface area contributed by atoms with Crippen LogP contribution in [-0.2, 0) is 0 Å². The second-order valence-corrected chi connectivity index (χ2v) is 5.73. The van der Waals surface area contributed by atoms with Gasteiger partial charge in [0.15, 0.2) is 0 Å². The molecule has 2 N–H and O–H groups in total. The third-order valence-corrected chi connectivity index (χ3v) is 3.91. The summed E-state index contributed by atoms with van der Waals surface area (Å²) >= 11 is 0. The topological polar surface area (TPSA) is 66.9 Å². The summed E-state index contributed by atoms with van der Waals surface area (Å²) in [6.07, 6.45) is 5.72. The highest BCUT2D eigenvalue weighted by Crippen LogP contribution is 2.40. The molecule has 1 saturated carbocycles. The van der Waals surface area contributed by atoms with E-state index in [-0.39, 0.29) is 11.9 Å². The number of amides is 1. The Kier molecular flexibility index (Phi) is 4.04. The molecule has 1 atom stereocenters. The van der Waals surface area contributed by atoms with E-state index < -0.39 is 0 Å². The van der Waals surface area contributed by atoms with Crippen LogP contribution in [0.15, 0.2) is 36.7 Å². The summed E-state index contributed by atoms with van der Waals surface area (Å²) in [4.78, 5) is 21.1. The number of hydrogen-bond acceptors (Lipinski definition) is 4. The van der Waals surface area contributed by atoms with E-state index in [2.05, 4.69) is 26.7 Å². The molecule has 114 valence electrons. The van der Waals surface area contributed by atoms with Gasteiger partial charge in [0.1, 0.15) is 5.82 Å². The number of carbonyl (C=O) groups is 1. The highest BCUT2D eigenvalue weighted by atomic mass is 16.1. The van der Waals surface area contributed by atoms with Gasteiger partial charge in [0.05, 0.1) is 11.7 Å². The molecule has 0 saturated heterocycles. The average molecular weight is 296 g/mol. The predicted octanol–water partition coefficient (Wildman–Crippen LogP) is 2.71. The summed E-state index contributed by atoms with van der Waals surface area (Å²) in [7, 11) is 1.79. The molecule has 1 amide bonds. The molecule has 1 aliphatic carbocycles. The molecule has 22 heavy (non-hydrogen) atoms. The van der Waals surface area contributed by atoms with Crippen molar-refractivity contribution in [1.82, 2.24) is 15.3 Å². The van der Waals surface area contributed by atoms with Crippen LogP contribution in [0.4, 0.5) is 5.82 Å². The average Bonchev–Trinajstić information content (AvgIpc) is 3.37. The molecule has 1 aliphatic rings. The molecule has 0 aromatic carbocycles. The standard InChI is InChI=1S/C17H20N4O/c1-11-5-7-19-14(9-11)16(12-3-4-12)21-17(22)13-6-8-20-15(10-13)18-2/h5-10,12,16H,3-4H2,1-2H3,(H,18,20)(H,21,22)/t16-/m0/s1. The van der Waals surface area contributed by atoms with Gasteiger partial charge in [0.2, 0.25) is 0 Å². The molecule has 2 aromatic rings. The summed E-state index contributed by atoms with van der Waals surface area (Å²) < 4.78 is 0. The molecule has 5 heteroatoms. The first kappa shape index (κ1) is 14.5. The van der Waals surface area contributed by atoms with Gasteiger partial charge >= 0.3 is 0 Å². The molecule has 1 fully saturated rings. The molecule has 2 aromatic heterocycles. The lowest BCUT2D eigenvalue weighted by molar-refractivity contribution is 0.0930. The first-order valence-electron chi connectivity index (χ1n) is 7.54. The van der Waals surface area contributed by atoms with Crippen molar-refractivity contribution in [3.05, 3.63) is 53.5 Å². The van der Waals surface area contributed by atoms with Crippen molar-refractivity contribution in [3.8, 4) is 0 Å². The number of rotatable bonds is 5. The van der Waals surface area contributed by atoms with E-state index in [0.717, 1.165) is 24.1 Å². The van der Waals surface area contributed by atoms with Crippen LogP contribution in [0.5, 0.6) is 0 Å². The summed E-state index contributed by atoms with van der Waals surface area (Å²) in [6.45, 7) is 2.04. The second-order valence-electron chi connectivity index (χ2n) is 5.73. The second kappa shape index (κ2) is 6.13. The van der Waals surface area contributed by atoms with E-state index in [0.29, 0.717) is 17.3 Å². The normalized spacial score (nSPS) is 15.2. The zero-order valence-corrected chi connectivity index (χ0v) is 12.8. The van der Waals surface area contributed by atoms with Gasteiger partial charge in [-0.2, -0.15) is 0 Å². The van der Waals surface area contributed by atoms with E-state index in [9.17, 15) is 4.79 Å². The van der Waals surface area contributed by atoms with Crippen LogP contribution in [0, 0.1) is 12.8 Å². The highest BCUT2D eigenvalue weighted by Gasteiger charge is 2.34. The Morgan fingerprint density at radius 1 is 1.23 bits per heavy atom. The van der Waals surface area contributed by atoms with Gasteiger partial charge in [0.25, 0.3) is 5.91 Å². The predicted molar refractivity (Wildman–Crippen MR) is 85.7 cm³/mol. The maximum atomic E-state index is 12.5. The van der Waals surface area contributed by atoms with Crippen molar-refractivity contribution >= 4 is 11.7 Å².